The highest BCUT2D eigenvalue weighted by atomic mass is 16.5. The quantitative estimate of drug-likeness (QED) is 0.728. The van der Waals surface area contributed by atoms with Crippen LogP contribution in [0.3, 0.4) is 0 Å². The molecule has 0 spiro atoms. The van der Waals surface area contributed by atoms with Crippen molar-refractivity contribution in [2.45, 2.75) is 20.3 Å². The molecule has 0 aliphatic rings. The topological polar surface area (TPSA) is 68.3 Å². The summed E-state index contributed by atoms with van der Waals surface area (Å²) in [5.74, 6) is -0.532. The van der Waals surface area contributed by atoms with Gasteiger partial charge in [-0.15, -0.1) is 0 Å². The lowest BCUT2D eigenvalue weighted by Crippen LogP contribution is -2.16. The summed E-state index contributed by atoms with van der Waals surface area (Å²) in [6.07, 6.45) is 0.244. The van der Waals surface area contributed by atoms with Crippen molar-refractivity contribution in [3.8, 4) is 0 Å². The number of para-hydroxylation sites is 1. The van der Waals surface area contributed by atoms with Crippen molar-refractivity contribution in [2.24, 2.45) is 0 Å². The molecule has 26 heavy (non-hydrogen) atoms. The summed E-state index contributed by atoms with van der Waals surface area (Å²) < 4.78 is 4.66. The van der Waals surface area contributed by atoms with E-state index < -0.39 is 5.97 Å². The van der Waals surface area contributed by atoms with Gasteiger partial charge in [-0.25, -0.2) is 4.79 Å². The van der Waals surface area contributed by atoms with Gasteiger partial charge >= 0.3 is 5.97 Å². The second-order valence-electron chi connectivity index (χ2n) is 6.11. The number of nitrogens with one attached hydrogen (secondary N) is 1. The van der Waals surface area contributed by atoms with Crippen molar-refractivity contribution in [3.63, 3.8) is 0 Å². The number of esters is 1. The number of benzene rings is 2. The number of aromatic nitrogens is 1. The molecular weight excluding hydrogens is 328 g/mol. The summed E-state index contributed by atoms with van der Waals surface area (Å²) in [5.41, 5.74) is 4.88. The number of nitrogens with zero attached hydrogens (tertiary/aromatic N) is 1. The van der Waals surface area contributed by atoms with E-state index in [1.54, 1.807) is 24.3 Å². The van der Waals surface area contributed by atoms with Crippen LogP contribution in [0.5, 0.6) is 0 Å². The standard InChI is InChI=1S/C21H20N2O3/c1-13-17-6-4-5-7-19(17)22-14(2)18(13)12-20(24)23-16-10-8-15(9-11-16)21(25)26-3/h4-11H,12H2,1-3H3,(H,23,24). The summed E-state index contributed by atoms with van der Waals surface area (Å²) in [6, 6.07) is 14.5. The number of fused-ring (bicyclic) bond motifs is 1. The second-order valence-corrected chi connectivity index (χ2v) is 6.11. The average Bonchev–Trinajstić information content (AvgIpc) is 2.65. The van der Waals surface area contributed by atoms with Gasteiger partial charge in [-0.3, -0.25) is 9.78 Å². The van der Waals surface area contributed by atoms with Crippen molar-refractivity contribution in [1.82, 2.24) is 4.98 Å². The van der Waals surface area contributed by atoms with Crippen LogP contribution < -0.4 is 5.32 Å². The molecule has 1 amide bonds. The minimum absolute atomic E-state index is 0.126. The number of hydrogen-bond acceptors (Lipinski definition) is 4. The predicted molar refractivity (Wildman–Crippen MR) is 101 cm³/mol. The fourth-order valence-corrected chi connectivity index (χ4v) is 3.00. The molecule has 0 bridgehead atoms. The van der Waals surface area contributed by atoms with Crippen molar-refractivity contribution < 1.29 is 14.3 Å². The Morgan fingerprint density at radius 2 is 1.73 bits per heavy atom. The lowest BCUT2D eigenvalue weighted by Gasteiger charge is -2.13. The summed E-state index contributed by atoms with van der Waals surface area (Å²) in [5, 5.41) is 3.92. The van der Waals surface area contributed by atoms with Crippen LogP contribution in [-0.4, -0.2) is 24.0 Å². The number of amides is 1. The van der Waals surface area contributed by atoms with Gasteiger partial charge < -0.3 is 10.1 Å². The van der Waals surface area contributed by atoms with Crippen molar-refractivity contribution in [1.29, 1.82) is 0 Å². The third-order valence-electron chi connectivity index (χ3n) is 4.41. The monoisotopic (exact) mass is 348 g/mol. The Bertz CT molecular complexity index is 978. The Hall–Kier alpha value is -3.21. The number of pyridine rings is 1. The molecule has 1 heterocycles. The molecule has 0 saturated heterocycles. The van der Waals surface area contributed by atoms with Gasteiger partial charge in [0.05, 0.1) is 24.6 Å². The first kappa shape index (κ1) is 17.6. The molecule has 3 rings (SSSR count). The van der Waals surface area contributed by atoms with E-state index in [9.17, 15) is 9.59 Å². The largest absolute Gasteiger partial charge is 0.465 e. The number of carbonyl (C=O) groups is 2. The molecule has 0 radical (unpaired) electrons. The molecule has 0 fully saturated rings. The highest BCUT2D eigenvalue weighted by Gasteiger charge is 2.13. The molecule has 0 aliphatic heterocycles. The number of aryl methyl sites for hydroxylation is 2. The van der Waals surface area contributed by atoms with E-state index in [4.69, 9.17) is 0 Å². The Labute approximate surface area is 152 Å². The Morgan fingerprint density at radius 3 is 2.42 bits per heavy atom. The van der Waals surface area contributed by atoms with Crippen LogP contribution in [0.2, 0.25) is 0 Å². The van der Waals surface area contributed by atoms with Gasteiger partial charge in [-0.2, -0.15) is 0 Å². The fraction of sp³-hybridized carbons (Fsp3) is 0.190. The van der Waals surface area contributed by atoms with E-state index in [-0.39, 0.29) is 12.3 Å². The number of methoxy groups -OCH3 is 1. The zero-order chi connectivity index (χ0) is 18.7. The number of ether oxygens (including phenoxy) is 1. The van der Waals surface area contributed by atoms with E-state index in [0.29, 0.717) is 11.3 Å². The lowest BCUT2D eigenvalue weighted by molar-refractivity contribution is -0.115. The van der Waals surface area contributed by atoms with Crippen LogP contribution in [0.25, 0.3) is 10.9 Å². The maximum Gasteiger partial charge on any atom is 0.337 e. The van der Waals surface area contributed by atoms with Crippen molar-refractivity contribution in [3.05, 3.63) is 70.9 Å². The first-order valence-electron chi connectivity index (χ1n) is 8.32. The molecule has 0 unspecified atom stereocenters. The van der Waals surface area contributed by atoms with E-state index >= 15 is 0 Å². The van der Waals surface area contributed by atoms with E-state index in [2.05, 4.69) is 15.0 Å². The molecule has 2 aromatic carbocycles. The minimum Gasteiger partial charge on any atom is -0.465 e. The number of anilines is 1. The van der Waals surface area contributed by atoms with Crippen LogP contribution >= 0.6 is 0 Å². The first-order valence-corrected chi connectivity index (χ1v) is 8.32. The summed E-state index contributed by atoms with van der Waals surface area (Å²) >= 11 is 0. The molecule has 0 atom stereocenters. The van der Waals surface area contributed by atoms with Crippen LogP contribution in [0.1, 0.15) is 27.2 Å². The van der Waals surface area contributed by atoms with Crippen LogP contribution in [-0.2, 0) is 16.0 Å². The summed E-state index contributed by atoms with van der Waals surface area (Å²) in [6.45, 7) is 3.94. The highest BCUT2D eigenvalue weighted by molar-refractivity contribution is 5.95. The molecule has 5 nitrogen and oxygen atoms in total. The van der Waals surface area contributed by atoms with Gasteiger partial charge in [0.15, 0.2) is 0 Å². The molecule has 1 N–H and O–H groups in total. The molecule has 1 aromatic heterocycles. The van der Waals surface area contributed by atoms with Gasteiger partial charge in [0.1, 0.15) is 0 Å². The second kappa shape index (κ2) is 7.35. The number of rotatable bonds is 4. The summed E-state index contributed by atoms with van der Waals surface area (Å²) in [7, 11) is 1.33. The SMILES string of the molecule is COC(=O)c1ccc(NC(=O)Cc2c(C)nc3ccccc3c2C)cc1. The van der Waals surface area contributed by atoms with Crippen LogP contribution in [0, 0.1) is 13.8 Å². The average molecular weight is 348 g/mol. The Kier molecular flexibility index (Phi) is 4.98. The van der Waals surface area contributed by atoms with Gasteiger partial charge in [0.25, 0.3) is 0 Å². The van der Waals surface area contributed by atoms with E-state index in [1.807, 2.05) is 38.1 Å². The maximum absolute atomic E-state index is 12.5. The van der Waals surface area contributed by atoms with Gasteiger partial charge in [0, 0.05) is 16.8 Å². The third-order valence-corrected chi connectivity index (χ3v) is 4.41. The van der Waals surface area contributed by atoms with Crippen LogP contribution in [0.4, 0.5) is 5.69 Å². The van der Waals surface area contributed by atoms with Crippen molar-refractivity contribution in [2.75, 3.05) is 12.4 Å². The zero-order valence-corrected chi connectivity index (χ0v) is 15.0. The lowest BCUT2D eigenvalue weighted by atomic mass is 9.99. The van der Waals surface area contributed by atoms with Gasteiger partial charge in [0.2, 0.25) is 5.91 Å². The fourth-order valence-electron chi connectivity index (χ4n) is 3.00. The molecule has 3 aromatic rings. The predicted octanol–water partition coefficient (Wildman–Crippen LogP) is 3.82. The van der Waals surface area contributed by atoms with Gasteiger partial charge in [-0.1, -0.05) is 18.2 Å². The zero-order valence-electron chi connectivity index (χ0n) is 15.0. The van der Waals surface area contributed by atoms with Crippen molar-refractivity contribution >= 4 is 28.5 Å². The smallest absolute Gasteiger partial charge is 0.337 e. The molecule has 5 heteroatoms. The minimum atomic E-state index is -0.406. The first-order chi connectivity index (χ1) is 12.5. The third kappa shape index (κ3) is 3.57. The number of carbonyl (C=O) groups excluding carboxylic acids is 2. The van der Waals surface area contributed by atoms with Gasteiger partial charge in [-0.05, 0) is 55.3 Å². The number of hydrogen-bond donors (Lipinski definition) is 1. The Morgan fingerprint density at radius 1 is 1.04 bits per heavy atom. The molecule has 132 valence electrons. The molecular formula is C21H20N2O3. The Balaban J connectivity index is 1.78. The normalized spacial score (nSPS) is 10.6. The van der Waals surface area contributed by atoms with Crippen LogP contribution in [0.15, 0.2) is 48.5 Å². The van der Waals surface area contributed by atoms with E-state index in [0.717, 1.165) is 27.7 Å². The maximum atomic E-state index is 12.5. The summed E-state index contributed by atoms with van der Waals surface area (Å²) in [4.78, 5) is 28.5. The molecule has 0 saturated carbocycles. The highest BCUT2D eigenvalue weighted by Crippen LogP contribution is 2.23. The van der Waals surface area contributed by atoms with E-state index in [1.165, 1.54) is 7.11 Å². The molecule has 0 aliphatic carbocycles.